The van der Waals surface area contributed by atoms with Crippen molar-refractivity contribution in [3.05, 3.63) is 12.2 Å². The van der Waals surface area contributed by atoms with Crippen LogP contribution in [0.4, 0.5) is 0 Å². The van der Waals surface area contributed by atoms with Crippen LogP contribution in [0.3, 0.4) is 0 Å². The standard InChI is InChI=1S/C75H143NO18/c1-3-5-7-9-11-13-15-17-18-19-20-21-22-23-24-25-26-27-28-29-30-31-32-33-34-35-36-37-38-39-40-41-43-45-47-49-51-53-63(81)76-58(59(80)52-50-48-46-44-42-16-14-12-10-8-6-4-2)57-89-73-69(87)66(84)71(61(55-78)91-73)94-75-70(88)67(85)72(62(56-79)92-75)93-74-68(86)65(83)64(82)60(54-77)90-74/h19-20,58-62,64-75,77-80,82-88H,3-18,21-57H2,1-2H3,(H,76,81)/b20-19-. The molecule has 0 aromatic carbocycles. The van der Waals surface area contributed by atoms with E-state index in [1.54, 1.807) is 0 Å². The molecule has 3 heterocycles. The maximum absolute atomic E-state index is 13.4. The molecule has 556 valence electrons. The largest absolute Gasteiger partial charge is 0.394 e. The molecule has 3 saturated heterocycles. The molecule has 3 rings (SSSR count). The Morgan fingerprint density at radius 1 is 0.372 bits per heavy atom. The van der Waals surface area contributed by atoms with Crippen LogP contribution in [0, 0.1) is 0 Å². The van der Waals surface area contributed by atoms with E-state index >= 15 is 0 Å². The molecule has 0 radical (unpaired) electrons. The van der Waals surface area contributed by atoms with Crippen molar-refractivity contribution in [2.45, 2.75) is 433 Å². The van der Waals surface area contributed by atoms with Gasteiger partial charge in [0.1, 0.15) is 73.2 Å². The molecule has 0 aliphatic carbocycles. The third-order valence-corrected chi connectivity index (χ3v) is 19.8. The number of hydrogen-bond acceptors (Lipinski definition) is 18. The van der Waals surface area contributed by atoms with Gasteiger partial charge in [-0.25, -0.2) is 0 Å². The van der Waals surface area contributed by atoms with E-state index in [0.717, 1.165) is 44.9 Å². The first-order chi connectivity index (χ1) is 45.8. The van der Waals surface area contributed by atoms with Gasteiger partial charge in [-0.1, -0.05) is 296 Å². The van der Waals surface area contributed by atoms with Crippen molar-refractivity contribution in [1.29, 1.82) is 0 Å². The van der Waals surface area contributed by atoms with E-state index in [1.165, 1.54) is 250 Å². The van der Waals surface area contributed by atoms with E-state index in [1.807, 2.05) is 0 Å². The number of allylic oxidation sites excluding steroid dienone is 2. The SMILES string of the molecule is CCCCCCCCCC/C=C\CCCCCCCCCCCCCCCCCCCCCCCCCCCC(=O)NC(COC1OC(CO)C(OC2OC(CO)C(OC3OC(CO)C(O)C(O)C3O)C(O)C2O)C(O)C1O)C(O)CCCCCCCCCCCCCC. The Balaban J connectivity index is 1.28. The molecule has 3 aliphatic rings. The first kappa shape index (κ1) is 86.8. The highest BCUT2D eigenvalue weighted by Gasteiger charge is 2.54. The quantitative estimate of drug-likeness (QED) is 0.0199. The van der Waals surface area contributed by atoms with Gasteiger partial charge >= 0.3 is 0 Å². The molecule has 17 atom stereocenters. The zero-order valence-electron chi connectivity index (χ0n) is 59.2. The van der Waals surface area contributed by atoms with Crippen molar-refractivity contribution < 1.29 is 89.4 Å². The molecule has 0 saturated carbocycles. The number of unbranched alkanes of at least 4 members (excludes halogenated alkanes) is 44. The zero-order valence-corrected chi connectivity index (χ0v) is 59.2. The third-order valence-electron chi connectivity index (χ3n) is 19.8. The van der Waals surface area contributed by atoms with Gasteiger partial charge in [0, 0.05) is 6.42 Å². The summed E-state index contributed by atoms with van der Waals surface area (Å²) >= 11 is 0. The summed E-state index contributed by atoms with van der Waals surface area (Å²) in [6.07, 6.45) is 39.1. The second-order valence-corrected chi connectivity index (χ2v) is 28.2. The molecule has 17 unspecified atom stereocenters. The highest BCUT2D eigenvalue weighted by atomic mass is 16.8. The lowest BCUT2D eigenvalue weighted by molar-refractivity contribution is -0.379. The van der Waals surface area contributed by atoms with Crippen molar-refractivity contribution in [2.24, 2.45) is 0 Å². The number of carbonyl (C=O) groups is 1. The summed E-state index contributed by atoms with van der Waals surface area (Å²) in [6, 6.07) is -0.882. The number of carbonyl (C=O) groups excluding carboxylic acids is 1. The molecule has 19 nitrogen and oxygen atoms in total. The molecule has 0 bridgehead atoms. The summed E-state index contributed by atoms with van der Waals surface area (Å²) in [4.78, 5) is 13.4. The van der Waals surface area contributed by atoms with E-state index in [9.17, 15) is 61.0 Å². The third kappa shape index (κ3) is 37.8. The van der Waals surface area contributed by atoms with Crippen LogP contribution in [-0.4, -0.2) is 193 Å². The number of aliphatic hydroxyl groups is 11. The first-order valence-electron chi connectivity index (χ1n) is 38.9. The average molecular weight is 1350 g/mol. The number of rotatable bonds is 62. The molecule has 1 amide bonds. The Kier molecular flexibility index (Phi) is 52.8. The Labute approximate surface area is 569 Å². The van der Waals surface area contributed by atoms with Gasteiger partial charge in [-0.15, -0.1) is 0 Å². The van der Waals surface area contributed by atoms with E-state index in [2.05, 4.69) is 31.3 Å². The molecule has 0 aromatic rings. The smallest absolute Gasteiger partial charge is 0.220 e. The molecular weight excluding hydrogens is 1200 g/mol. The highest BCUT2D eigenvalue weighted by molar-refractivity contribution is 5.76. The minimum absolute atomic E-state index is 0.237. The topological polar surface area (TPSA) is 307 Å². The maximum atomic E-state index is 13.4. The fraction of sp³-hybridized carbons (Fsp3) is 0.960. The van der Waals surface area contributed by atoms with Gasteiger partial charge in [-0.05, 0) is 38.5 Å². The Morgan fingerprint density at radius 2 is 0.670 bits per heavy atom. The van der Waals surface area contributed by atoms with Gasteiger partial charge in [0.25, 0.3) is 0 Å². The fourth-order valence-corrected chi connectivity index (χ4v) is 13.5. The number of nitrogens with one attached hydrogen (secondary N) is 1. The summed E-state index contributed by atoms with van der Waals surface area (Å²) in [5, 5.41) is 121. The second kappa shape index (κ2) is 57.2. The zero-order chi connectivity index (χ0) is 68.2. The average Bonchev–Trinajstić information content (AvgIpc) is 0.794. The summed E-state index contributed by atoms with van der Waals surface area (Å²) in [5.41, 5.74) is 0. The van der Waals surface area contributed by atoms with Gasteiger partial charge < -0.3 is 89.9 Å². The lowest BCUT2D eigenvalue weighted by Crippen LogP contribution is -2.66. The van der Waals surface area contributed by atoms with E-state index in [0.29, 0.717) is 12.8 Å². The monoisotopic (exact) mass is 1350 g/mol. The molecule has 3 aliphatic heterocycles. The predicted molar refractivity (Wildman–Crippen MR) is 370 cm³/mol. The van der Waals surface area contributed by atoms with Crippen LogP contribution in [0.1, 0.15) is 328 Å². The van der Waals surface area contributed by atoms with Crippen LogP contribution in [0.15, 0.2) is 12.2 Å². The van der Waals surface area contributed by atoms with Crippen molar-refractivity contribution in [1.82, 2.24) is 5.32 Å². The lowest BCUT2D eigenvalue weighted by atomic mass is 9.96. The lowest BCUT2D eigenvalue weighted by Gasteiger charge is -2.48. The fourth-order valence-electron chi connectivity index (χ4n) is 13.5. The molecule has 12 N–H and O–H groups in total. The second-order valence-electron chi connectivity index (χ2n) is 28.2. The van der Waals surface area contributed by atoms with Crippen LogP contribution >= 0.6 is 0 Å². The Bertz CT molecular complexity index is 1750. The van der Waals surface area contributed by atoms with Crippen LogP contribution in [0.25, 0.3) is 0 Å². The first-order valence-corrected chi connectivity index (χ1v) is 38.9. The van der Waals surface area contributed by atoms with Crippen LogP contribution in [-0.2, 0) is 33.2 Å². The number of aliphatic hydroxyl groups excluding tert-OH is 11. The molecular formula is C75H143NO18. The van der Waals surface area contributed by atoms with Gasteiger partial charge in [-0.3, -0.25) is 4.79 Å². The van der Waals surface area contributed by atoms with Crippen molar-refractivity contribution in [2.75, 3.05) is 26.4 Å². The van der Waals surface area contributed by atoms with Crippen LogP contribution in [0.2, 0.25) is 0 Å². The summed E-state index contributed by atoms with van der Waals surface area (Å²) in [6.45, 7) is 1.82. The number of ether oxygens (including phenoxy) is 6. The Hall–Kier alpha value is -1.47. The van der Waals surface area contributed by atoms with E-state index in [-0.39, 0.29) is 18.9 Å². The minimum atomic E-state index is -1.97. The van der Waals surface area contributed by atoms with Crippen molar-refractivity contribution in [3.63, 3.8) is 0 Å². The van der Waals surface area contributed by atoms with Crippen LogP contribution in [0.5, 0.6) is 0 Å². The molecule has 0 aromatic heterocycles. The molecule has 3 fully saturated rings. The molecule has 19 heteroatoms. The van der Waals surface area contributed by atoms with Gasteiger partial charge in [-0.2, -0.15) is 0 Å². The highest BCUT2D eigenvalue weighted by Crippen LogP contribution is 2.33. The molecule has 0 spiro atoms. The van der Waals surface area contributed by atoms with E-state index < -0.39 is 124 Å². The normalized spacial score (nSPS) is 27.4. The van der Waals surface area contributed by atoms with Gasteiger partial charge in [0.15, 0.2) is 18.9 Å². The molecule has 94 heavy (non-hydrogen) atoms. The van der Waals surface area contributed by atoms with Crippen molar-refractivity contribution >= 4 is 5.91 Å². The summed E-state index contributed by atoms with van der Waals surface area (Å²) in [5.74, 6) is -0.237. The minimum Gasteiger partial charge on any atom is -0.394 e. The predicted octanol–water partition coefficient (Wildman–Crippen LogP) is 12.0. The number of amides is 1. The Morgan fingerprint density at radius 3 is 1.03 bits per heavy atom. The summed E-state index contributed by atoms with van der Waals surface area (Å²) in [7, 11) is 0. The van der Waals surface area contributed by atoms with Gasteiger partial charge in [0.05, 0.1) is 38.6 Å². The van der Waals surface area contributed by atoms with Gasteiger partial charge in [0.2, 0.25) is 5.91 Å². The van der Waals surface area contributed by atoms with Crippen molar-refractivity contribution in [3.8, 4) is 0 Å². The number of hydrogen-bond donors (Lipinski definition) is 12. The van der Waals surface area contributed by atoms with Crippen LogP contribution < -0.4 is 5.32 Å². The summed E-state index contributed by atoms with van der Waals surface area (Å²) < 4.78 is 34.4. The maximum Gasteiger partial charge on any atom is 0.220 e. The van der Waals surface area contributed by atoms with E-state index in [4.69, 9.17) is 28.4 Å².